The zero-order valence-electron chi connectivity index (χ0n) is 23.7. The summed E-state index contributed by atoms with van der Waals surface area (Å²) in [6, 6.07) is 20.8. The molecule has 1 atom stereocenters. The first-order chi connectivity index (χ1) is 21.3. The largest absolute Gasteiger partial charge is 0.475 e. The van der Waals surface area contributed by atoms with Crippen LogP contribution in [0.15, 0.2) is 89.0 Å². The predicted octanol–water partition coefficient (Wildman–Crippen LogP) is 5.53. The van der Waals surface area contributed by atoms with Gasteiger partial charge in [-0.05, 0) is 76.3 Å². The van der Waals surface area contributed by atoms with E-state index in [0.29, 0.717) is 52.3 Å². The molecule has 0 bridgehead atoms. The Balaban J connectivity index is 1.37. The Morgan fingerprint density at radius 1 is 1.02 bits per heavy atom. The lowest BCUT2D eigenvalue weighted by atomic mass is 10.0. The SMILES string of the molecule is CCCc1cc(C(=O)NOCc2ccccc2)ccc1OC(C(=O)NS(=O)(=O)/C=C/c1ccsc1)c1ccc2c(c1)OCO2. The van der Waals surface area contributed by atoms with Gasteiger partial charge in [-0.25, -0.2) is 18.6 Å². The van der Waals surface area contributed by atoms with Gasteiger partial charge in [0.05, 0.1) is 12.0 Å². The number of benzene rings is 3. The molecule has 3 aromatic carbocycles. The summed E-state index contributed by atoms with van der Waals surface area (Å²) in [7, 11) is -4.16. The first-order valence-electron chi connectivity index (χ1n) is 13.7. The first kappa shape index (κ1) is 30.8. The van der Waals surface area contributed by atoms with E-state index < -0.39 is 27.9 Å². The van der Waals surface area contributed by atoms with Gasteiger partial charge in [0.2, 0.25) is 12.9 Å². The Labute approximate surface area is 259 Å². The number of ether oxygens (including phenoxy) is 3. The summed E-state index contributed by atoms with van der Waals surface area (Å²) in [6.45, 7) is 2.19. The van der Waals surface area contributed by atoms with Crippen LogP contribution in [0.1, 0.15) is 52.1 Å². The maximum Gasteiger partial charge on any atom is 0.279 e. The van der Waals surface area contributed by atoms with Gasteiger partial charge in [-0.3, -0.25) is 14.4 Å². The minimum atomic E-state index is -4.16. The van der Waals surface area contributed by atoms with E-state index in [2.05, 4.69) is 10.2 Å². The molecule has 1 unspecified atom stereocenters. The fourth-order valence-electron chi connectivity index (χ4n) is 4.36. The number of aryl methyl sites for hydroxylation is 1. The highest BCUT2D eigenvalue weighted by atomic mass is 32.2. The number of carbonyl (C=O) groups is 2. The summed E-state index contributed by atoms with van der Waals surface area (Å²) in [5.74, 6) is -0.135. The molecular weight excluding hydrogens is 604 g/mol. The molecule has 0 saturated carbocycles. The van der Waals surface area contributed by atoms with Crippen LogP contribution in [0.25, 0.3) is 6.08 Å². The van der Waals surface area contributed by atoms with Crippen LogP contribution in [0, 0.1) is 0 Å². The number of amides is 2. The molecule has 4 aromatic rings. The lowest BCUT2D eigenvalue weighted by Gasteiger charge is -2.21. The number of nitrogens with one attached hydrogen (secondary N) is 2. The predicted molar refractivity (Wildman–Crippen MR) is 165 cm³/mol. The average Bonchev–Trinajstić information content (AvgIpc) is 3.72. The molecule has 12 heteroatoms. The standard InChI is InChI=1S/C32H30N2O8S2/c1-2-6-24-17-26(31(35)33-41-19-22-7-4-3-5-8-22)10-11-27(24)42-30(25-9-12-28-29(18-25)40-21-39-28)32(36)34-44(37,38)16-14-23-13-15-43-20-23/h3-5,7-18,20,30H,2,6,19,21H2,1H3,(H,33,35)(H,34,36)/b16-14+. The van der Waals surface area contributed by atoms with Crippen molar-refractivity contribution in [2.24, 2.45) is 0 Å². The first-order valence-corrected chi connectivity index (χ1v) is 16.2. The van der Waals surface area contributed by atoms with Crippen molar-refractivity contribution >= 4 is 39.3 Å². The smallest absolute Gasteiger partial charge is 0.279 e. The molecule has 2 heterocycles. The Bertz CT molecular complexity index is 1740. The molecule has 228 valence electrons. The Hall–Kier alpha value is -4.65. The highest BCUT2D eigenvalue weighted by molar-refractivity contribution is 7.93. The van der Waals surface area contributed by atoms with E-state index in [1.165, 1.54) is 17.4 Å². The molecule has 2 N–H and O–H groups in total. The zero-order chi connectivity index (χ0) is 30.9. The second-order valence-electron chi connectivity index (χ2n) is 9.76. The fourth-order valence-corrected chi connectivity index (χ4v) is 5.78. The number of carbonyl (C=O) groups excluding carboxylic acids is 2. The Morgan fingerprint density at radius 2 is 1.84 bits per heavy atom. The lowest BCUT2D eigenvalue weighted by Crippen LogP contribution is -2.36. The maximum atomic E-state index is 13.5. The fraction of sp³-hybridized carbons (Fsp3) is 0.188. The average molecular weight is 635 g/mol. The van der Waals surface area contributed by atoms with Crippen LogP contribution < -0.4 is 24.4 Å². The van der Waals surface area contributed by atoms with Crippen LogP contribution in [0.2, 0.25) is 0 Å². The van der Waals surface area contributed by atoms with Crippen molar-refractivity contribution in [1.82, 2.24) is 10.2 Å². The van der Waals surface area contributed by atoms with E-state index >= 15 is 0 Å². The minimum Gasteiger partial charge on any atom is -0.475 e. The van der Waals surface area contributed by atoms with Crippen LogP contribution in [-0.2, 0) is 32.7 Å². The number of rotatable bonds is 13. The summed E-state index contributed by atoms with van der Waals surface area (Å²) >= 11 is 1.42. The number of thiophene rings is 1. The molecule has 0 radical (unpaired) electrons. The van der Waals surface area contributed by atoms with E-state index in [1.807, 2.05) is 42.6 Å². The number of sulfonamides is 1. The molecule has 1 aliphatic rings. The molecule has 0 fully saturated rings. The highest BCUT2D eigenvalue weighted by Crippen LogP contribution is 2.36. The van der Waals surface area contributed by atoms with Crippen molar-refractivity contribution in [2.75, 3.05) is 6.79 Å². The summed E-state index contributed by atoms with van der Waals surface area (Å²) in [4.78, 5) is 31.7. The van der Waals surface area contributed by atoms with Gasteiger partial charge < -0.3 is 14.2 Å². The Morgan fingerprint density at radius 3 is 2.61 bits per heavy atom. The van der Waals surface area contributed by atoms with Crippen LogP contribution >= 0.6 is 11.3 Å². The van der Waals surface area contributed by atoms with Crippen molar-refractivity contribution < 1.29 is 37.1 Å². The zero-order valence-corrected chi connectivity index (χ0v) is 25.4. The third-order valence-corrected chi connectivity index (χ3v) is 8.18. The van der Waals surface area contributed by atoms with Crippen molar-refractivity contribution in [2.45, 2.75) is 32.5 Å². The summed E-state index contributed by atoms with van der Waals surface area (Å²) in [6.07, 6.45) is 1.26. The van der Waals surface area contributed by atoms with Crippen molar-refractivity contribution in [3.05, 3.63) is 117 Å². The third-order valence-electron chi connectivity index (χ3n) is 6.50. The van der Waals surface area contributed by atoms with E-state index in [9.17, 15) is 18.0 Å². The van der Waals surface area contributed by atoms with E-state index in [4.69, 9.17) is 19.0 Å². The van der Waals surface area contributed by atoms with Gasteiger partial charge >= 0.3 is 0 Å². The van der Waals surface area contributed by atoms with Crippen LogP contribution in [0.4, 0.5) is 0 Å². The Kier molecular flexibility index (Phi) is 9.95. The topological polar surface area (TPSA) is 129 Å². The second kappa shape index (κ2) is 14.2. The molecule has 1 aliphatic heterocycles. The van der Waals surface area contributed by atoms with Gasteiger partial charge in [0, 0.05) is 11.1 Å². The van der Waals surface area contributed by atoms with Gasteiger partial charge in [0.15, 0.2) is 11.5 Å². The third kappa shape index (κ3) is 8.04. The van der Waals surface area contributed by atoms with Crippen LogP contribution in [-0.4, -0.2) is 27.0 Å². The number of hydroxylamine groups is 1. The lowest BCUT2D eigenvalue weighted by molar-refractivity contribution is -0.126. The van der Waals surface area contributed by atoms with Crippen molar-refractivity contribution in [3.8, 4) is 17.2 Å². The molecule has 10 nitrogen and oxygen atoms in total. The molecule has 0 spiro atoms. The quantitative estimate of drug-likeness (QED) is 0.184. The van der Waals surface area contributed by atoms with Crippen molar-refractivity contribution in [1.29, 1.82) is 0 Å². The van der Waals surface area contributed by atoms with Gasteiger partial charge in [-0.1, -0.05) is 49.7 Å². The molecule has 2 amide bonds. The van der Waals surface area contributed by atoms with Crippen LogP contribution in [0.5, 0.6) is 17.2 Å². The van der Waals surface area contributed by atoms with Gasteiger partial charge in [-0.2, -0.15) is 11.3 Å². The maximum absolute atomic E-state index is 13.5. The van der Waals surface area contributed by atoms with Crippen molar-refractivity contribution in [3.63, 3.8) is 0 Å². The summed E-state index contributed by atoms with van der Waals surface area (Å²) in [5.41, 5.74) is 5.38. The molecule has 1 aromatic heterocycles. The molecule has 0 aliphatic carbocycles. The van der Waals surface area contributed by atoms with Gasteiger partial charge in [0.1, 0.15) is 5.75 Å². The van der Waals surface area contributed by atoms with E-state index in [-0.39, 0.29) is 13.4 Å². The van der Waals surface area contributed by atoms with E-state index in [0.717, 1.165) is 11.0 Å². The summed E-state index contributed by atoms with van der Waals surface area (Å²) in [5, 5.41) is 4.52. The van der Waals surface area contributed by atoms with Crippen LogP contribution in [0.3, 0.4) is 0 Å². The molecule has 5 rings (SSSR count). The van der Waals surface area contributed by atoms with Gasteiger partial charge in [0.25, 0.3) is 21.8 Å². The number of hydrogen-bond acceptors (Lipinski definition) is 9. The van der Waals surface area contributed by atoms with Gasteiger partial charge in [-0.15, -0.1) is 0 Å². The number of hydrogen-bond donors (Lipinski definition) is 2. The second-order valence-corrected chi connectivity index (χ2v) is 12.1. The molecule has 44 heavy (non-hydrogen) atoms. The normalized spacial score (nSPS) is 13.0. The minimum absolute atomic E-state index is 0.0253. The monoisotopic (exact) mass is 634 g/mol. The highest BCUT2D eigenvalue weighted by Gasteiger charge is 2.29. The van der Waals surface area contributed by atoms with E-state index in [1.54, 1.807) is 47.8 Å². The summed E-state index contributed by atoms with van der Waals surface area (Å²) < 4.78 is 44.8. The molecular formula is C32H30N2O8S2. The molecule has 0 saturated heterocycles. The number of fused-ring (bicyclic) bond motifs is 1.